The third-order valence-corrected chi connectivity index (χ3v) is 5.87. The highest BCUT2D eigenvalue weighted by Crippen LogP contribution is 2.16. The Morgan fingerprint density at radius 2 is 1.96 bits per heavy atom. The van der Waals surface area contributed by atoms with Crippen LogP contribution < -0.4 is 10.0 Å². The fourth-order valence-corrected chi connectivity index (χ4v) is 3.87. The zero-order valence-corrected chi connectivity index (χ0v) is 15.6. The topological polar surface area (TPSA) is 98.7 Å². The number of aryl methyl sites for hydroxylation is 1. The van der Waals surface area contributed by atoms with Crippen LogP contribution >= 0.6 is 0 Å². The van der Waals surface area contributed by atoms with E-state index in [2.05, 4.69) is 10.0 Å². The molecule has 1 fully saturated rings. The molecule has 0 unspecified atom stereocenters. The minimum Gasteiger partial charge on any atom is -0.392 e. The number of benzene rings is 1. The summed E-state index contributed by atoms with van der Waals surface area (Å²) in [5, 5.41) is 12.7. The molecular formula is C17H27N3O4S. The fraction of sp³-hybridized carbons (Fsp3) is 0.588. The smallest absolute Gasteiger partial charge is 0.240 e. The predicted octanol–water partition coefficient (Wildman–Crippen LogP) is 0.0922. The van der Waals surface area contributed by atoms with Gasteiger partial charge in [0.15, 0.2) is 0 Å². The van der Waals surface area contributed by atoms with Crippen LogP contribution in [0.2, 0.25) is 0 Å². The molecule has 1 aromatic carbocycles. The number of likely N-dealkylation sites (tertiary alicyclic amines) is 1. The first kappa shape index (κ1) is 19.8. The molecule has 140 valence electrons. The lowest BCUT2D eigenvalue weighted by Crippen LogP contribution is -2.49. The van der Waals surface area contributed by atoms with E-state index in [1.54, 1.807) is 24.3 Å². The molecule has 1 aromatic rings. The number of nitrogens with one attached hydrogen (secondary N) is 2. The first-order valence-corrected chi connectivity index (χ1v) is 9.98. The SMILES string of the molecule is Cc1ccc(S(=O)(=O)NCCCNC(=O)[C@@H]2CN(C)CC[C@H]2O)cc1. The highest BCUT2D eigenvalue weighted by atomic mass is 32.2. The molecule has 3 N–H and O–H groups in total. The summed E-state index contributed by atoms with van der Waals surface area (Å²) in [5.41, 5.74) is 0.997. The number of carbonyl (C=O) groups is 1. The van der Waals surface area contributed by atoms with E-state index in [9.17, 15) is 18.3 Å². The second-order valence-corrected chi connectivity index (χ2v) is 8.35. The average Bonchev–Trinajstić information content (AvgIpc) is 2.57. The minimum absolute atomic E-state index is 0.180. The molecule has 2 atom stereocenters. The van der Waals surface area contributed by atoms with Gasteiger partial charge in [0.25, 0.3) is 0 Å². The standard InChI is InChI=1S/C17H27N3O4S/c1-13-4-6-14(7-5-13)25(23,24)19-10-3-9-18-17(22)15-12-20(2)11-8-16(15)21/h4-7,15-16,19,21H,3,8-12H2,1-2H3,(H,18,22)/t15-,16-/m1/s1. The quantitative estimate of drug-likeness (QED) is 0.592. The summed E-state index contributed by atoms with van der Waals surface area (Å²) in [6.45, 7) is 3.82. The van der Waals surface area contributed by atoms with E-state index in [1.807, 2.05) is 18.9 Å². The van der Waals surface area contributed by atoms with Gasteiger partial charge in [-0.3, -0.25) is 4.79 Å². The highest BCUT2D eigenvalue weighted by molar-refractivity contribution is 7.89. The van der Waals surface area contributed by atoms with Gasteiger partial charge in [-0.15, -0.1) is 0 Å². The normalized spacial score (nSPS) is 21.9. The van der Waals surface area contributed by atoms with Crippen molar-refractivity contribution in [3.63, 3.8) is 0 Å². The van der Waals surface area contributed by atoms with Gasteiger partial charge in [-0.25, -0.2) is 13.1 Å². The van der Waals surface area contributed by atoms with Crippen molar-refractivity contribution in [2.45, 2.75) is 30.8 Å². The maximum atomic E-state index is 12.1. The summed E-state index contributed by atoms with van der Waals surface area (Å²) in [6.07, 6.45) is 0.455. The van der Waals surface area contributed by atoms with Crippen molar-refractivity contribution in [3.05, 3.63) is 29.8 Å². The zero-order chi connectivity index (χ0) is 18.4. The number of aliphatic hydroxyl groups is 1. The second-order valence-electron chi connectivity index (χ2n) is 6.58. The van der Waals surface area contributed by atoms with Crippen LogP contribution in [0.25, 0.3) is 0 Å². The lowest BCUT2D eigenvalue weighted by molar-refractivity contribution is -0.131. The Morgan fingerprint density at radius 1 is 1.28 bits per heavy atom. The Hall–Kier alpha value is -1.48. The Morgan fingerprint density at radius 3 is 2.64 bits per heavy atom. The highest BCUT2D eigenvalue weighted by Gasteiger charge is 2.31. The molecule has 2 rings (SSSR count). The molecule has 1 heterocycles. The van der Waals surface area contributed by atoms with Crippen LogP contribution in [0, 0.1) is 12.8 Å². The Bertz CT molecular complexity index is 676. The lowest BCUT2D eigenvalue weighted by atomic mass is 9.94. The van der Waals surface area contributed by atoms with Crippen molar-refractivity contribution in [1.29, 1.82) is 0 Å². The van der Waals surface area contributed by atoms with Crippen molar-refractivity contribution in [1.82, 2.24) is 14.9 Å². The van der Waals surface area contributed by atoms with Crippen LogP contribution in [0.3, 0.4) is 0 Å². The van der Waals surface area contributed by atoms with Crippen LogP contribution in [-0.4, -0.2) is 63.7 Å². The van der Waals surface area contributed by atoms with E-state index in [-0.39, 0.29) is 17.3 Å². The van der Waals surface area contributed by atoms with Crippen LogP contribution in [0.5, 0.6) is 0 Å². The van der Waals surface area contributed by atoms with Gasteiger partial charge in [0.2, 0.25) is 15.9 Å². The Kier molecular flexibility index (Phi) is 6.95. The largest absolute Gasteiger partial charge is 0.392 e. The van der Waals surface area contributed by atoms with E-state index in [1.165, 1.54) is 0 Å². The van der Waals surface area contributed by atoms with E-state index in [4.69, 9.17) is 0 Å². The molecule has 1 aliphatic heterocycles. The zero-order valence-electron chi connectivity index (χ0n) is 14.7. The summed E-state index contributed by atoms with van der Waals surface area (Å²) in [7, 11) is -1.60. The molecule has 1 saturated heterocycles. The molecule has 8 heteroatoms. The Labute approximate surface area is 149 Å². The molecule has 1 amide bonds. The van der Waals surface area contributed by atoms with E-state index < -0.39 is 22.0 Å². The third kappa shape index (κ3) is 5.78. The van der Waals surface area contributed by atoms with Crippen LogP contribution in [-0.2, 0) is 14.8 Å². The van der Waals surface area contributed by atoms with Crippen molar-refractivity contribution in [2.24, 2.45) is 5.92 Å². The van der Waals surface area contributed by atoms with Gasteiger partial charge >= 0.3 is 0 Å². The maximum absolute atomic E-state index is 12.1. The summed E-state index contributed by atoms with van der Waals surface area (Å²) in [6, 6.07) is 6.64. The number of hydrogen-bond donors (Lipinski definition) is 3. The summed E-state index contributed by atoms with van der Waals surface area (Å²) in [4.78, 5) is 14.4. The molecule has 0 saturated carbocycles. The number of nitrogens with zero attached hydrogens (tertiary/aromatic N) is 1. The van der Waals surface area contributed by atoms with Gasteiger partial charge in [0.1, 0.15) is 0 Å². The summed E-state index contributed by atoms with van der Waals surface area (Å²) in [5.74, 6) is -0.608. The van der Waals surface area contributed by atoms with Gasteiger partial charge in [0, 0.05) is 26.2 Å². The molecule has 0 bridgehead atoms. The van der Waals surface area contributed by atoms with Gasteiger partial charge in [-0.2, -0.15) is 0 Å². The van der Waals surface area contributed by atoms with E-state index in [0.717, 1.165) is 12.1 Å². The number of amides is 1. The van der Waals surface area contributed by atoms with Crippen molar-refractivity contribution >= 4 is 15.9 Å². The summed E-state index contributed by atoms with van der Waals surface area (Å²) < 4.78 is 26.8. The molecule has 25 heavy (non-hydrogen) atoms. The van der Waals surface area contributed by atoms with Crippen LogP contribution in [0.15, 0.2) is 29.2 Å². The monoisotopic (exact) mass is 369 g/mol. The first-order valence-electron chi connectivity index (χ1n) is 8.50. The summed E-state index contributed by atoms with van der Waals surface area (Å²) >= 11 is 0. The Balaban J connectivity index is 1.72. The number of piperidine rings is 1. The number of carbonyl (C=O) groups excluding carboxylic acids is 1. The molecule has 7 nitrogen and oxygen atoms in total. The molecule has 0 spiro atoms. The number of hydrogen-bond acceptors (Lipinski definition) is 5. The number of rotatable bonds is 7. The van der Waals surface area contributed by atoms with Crippen LogP contribution in [0.4, 0.5) is 0 Å². The van der Waals surface area contributed by atoms with E-state index in [0.29, 0.717) is 25.9 Å². The molecule has 0 aliphatic carbocycles. The van der Waals surface area contributed by atoms with Crippen molar-refractivity contribution < 1.29 is 18.3 Å². The molecule has 1 aliphatic rings. The first-order chi connectivity index (χ1) is 11.8. The maximum Gasteiger partial charge on any atom is 0.240 e. The van der Waals surface area contributed by atoms with Crippen molar-refractivity contribution in [3.8, 4) is 0 Å². The van der Waals surface area contributed by atoms with Crippen LogP contribution in [0.1, 0.15) is 18.4 Å². The lowest BCUT2D eigenvalue weighted by Gasteiger charge is -2.32. The third-order valence-electron chi connectivity index (χ3n) is 4.39. The molecule has 0 aromatic heterocycles. The van der Waals surface area contributed by atoms with Gasteiger partial charge < -0.3 is 15.3 Å². The number of aliphatic hydroxyl groups excluding tert-OH is 1. The van der Waals surface area contributed by atoms with Gasteiger partial charge in [-0.05, 0) is 38.9 Å². The minimum atomic E-state index is -3.52. The van der Waals surface area contributed by atoms with Gasteiger partial charge in [-0.1, -0.05) is 17.7 Å². The van der Waals surface area contributed by atoms with E-state index >= 15 is 0 Å². The number of sulfonamides is 1. The predicted molar refractivity (Wildman–Crippen MR) is 95.6 cm³/mol. The molecular weight excluding hydrogens is 342 g/mol. The average molecular weight is 369 g/mol. The van der Waals surface area contributed by atoms with Gasteiger partial charge in [0.05, 0.1) is 16.9 Å². The molecule has 0 radical (unpaired) electrons. The van der Waals surface area contributed by atoms with Crippen molar-refractivity contribution in [2.75, 3.05) is 33.2 Å². The fourth-order valence-electron chi connectivity index (χ4n) is 2.80. The second kappa shape index (κ2) is 8.75.